The maximum atomic E-state index is 5.68. The minimum atomic E-state index is 0.611. The van der Waals surface area contributed by atoms with Crippen LogP contribution in [0, 0.1) is 11.8 Å². The third-order valence-electron chi connectivity index (χ3n) is 3.54. The summed E-state index contributed by atoms with van der Waals surface area (Å²) in [6, 6.07) is 0. The lowest BCUT2D eigenvalue weighted by atomic mass is 9.94. The highest BCUT2D eigenvalue weighted by Crippen LogP contribution is 2.17. The molecular formula is C15H30N4. The van der Waals surface area contributed by atoms with Crippen LogP contribution >= 0.6 is 0 Å². The summed E-state index contributed by atoms with van der Waals surface area (Å²) in [6.45, 7) is 7.44. The molecular weight excluding hydrogens is 236 g/mol. The third-order valence-corrected chi connectivity index (χ3v) is 3.54. The molecule has 1 rings (SSSR count). The maximum absolute atomic E-state index is 5.68. The molecule has 0 radical (unpaired) electrons. The fraction of sp³-hybridized carbons (Fsp3) is 0.867. The van der Waals surface area contributed by atoms with Crippen LogP contribution in [0.3, 0.4) is 0 Å². The smallest absolute Gasteiger partial charge is 0.151 e. The van der Waals surface area contributed by atoms with Crippen molar-refractivity contribution in [3.05, 3.63) is 11.6 Å². The number of aryl methyl sites for hydroxylation is 2. The van der Waals surface area contributed by atoms with Crippen molar-refractivity contribution in [2.45, 2.75) is 59.3 Å². The first-order valence-corrected chi connectivity index (χ1v) is 7.65. The quantitative estimate of drug-likeness (QED) is 0.747. The predicted octanol–water partition coefficient (Wildman–Crippen LogP) is 2.71. The Bertz CT molecular complexity index is 351. The summed E-state index contributed by atoms with van der Waals surface area (Å²) in [7, 11) is 2.00. The summed E-state index contributed by atoms with van der Waals surface area (Å²) < 4.78 is 1.95. The molecule has 1 atom stereocenters. The molecule has 1 unspecified atom stereocenters. The summed E-state index contributed by atoms with van der Waals surface area (Å²) in [5.74, 6) is 3.45. The molecule has 1 heterocycles. The second kappa shape index (κ2) is 8.31. The van der Waals surface area contributed by atoms with E-state index < -0.39 is 0 Å². The first-order chi connectivity index (χ1) is 9.06. The molecule has 0 saturated carbocycles. The number of nitrogens with zero attached hydrogens (tertiary/aromatic N) is 3. The highest BCUT2D eigenvalue weighted by Gasteiger charge is 2.12. The zero-order chi connectivity index (χ0) is 14.3. The zero-order valence-electron chi connectivity index (χ0n) is 13.0. The van der Waals surface area contributed by atoms with Crippen LogP contribution in [0.25, 0.3) is 0 Å². The lowest BCUT2D eigenvalue weighted by Gasteiger charge is -2.14. The number of rotatable bonds is 9. The molecule has 0 spiro atoms. The highest BCUT2D eigenvalue weighted by molar-refractivity contribution is 4.94. The summed E-state index contributed by atoms with van der Waals surface area (Å²) in [5, 5.41) is 4.50. The average molecular weight is 266 g/mol. The van der Waals surface area contributed by atoms with Crippen molar-refractivity contribution >= 4 is 0 Å². The fourth-order valence-electron chi connectivity index (χ4n) is 2.55. The first kappa shape index (κ1) is 16.2. The van der Waals surface area contributed by atoms with E-state index in [0.717, 1.165) is 43.4 Å². The van der Waals surface area contributed by atoms with Crippen molar-refractivity contribution in [1.29, 1.82) is 0 Å². The number of aromatic nitrogens is 3. The Morgan fingerprint density at radius 2 is 1.95 bits per heavy atom. The third kappa shape index (κ3) is 5.72. The fourth-order valence-corrected chi connectivity index (χ4v) is 2.55. The summed E-state index contributed by atoms with van der Waals surface area (Å²) in [4.78, 5) is 4.66. The van der Waals surface area contributed by atoms with Gasteiger partial charge in [-0.25, -0.2) is 4.98 Å². The molecule has 4 nitrogen and oxygen atoms in total. The molecule has 0 amide bonds. The van der Waals surface area contributed by atoms with E-state index in [-0.39, 0.29) is 0 Å². The number of hydrogen-bond acceptors (Lipinski definition) is 3. The minimum absolute atomic E-state index is 0.611. The molecule has 1 aromatic rings. The van der Waals surface area contributed by atoms with Gasteiger partial charge in [0.2, 0.25) is 0 Å². The molecule has 0 aromatic carbocycles. The van der Waals surface area contributed by atoms with Crippen molar-refractivity contribution in [2.75, 3.05) is 6.54 Å². The predicted molar refractivity (Wildman–Crippen MR) is 79.9 cm³/mol. The van der Waals surface area contributed by atoms with Gasteiger partial charge < -0.3 is 5.73 Å². The SMILES string of the molecule is CCCC(CCN)CCc1nc(CC(C)C)nn1C. The Hall–Kier alpha value is -0.900. The molecule has 1 aromatic heterocycles. The molecule has 0 aliphatic rings. The van der Waals surface area contributed by atoms with Crippen molar-refractivity contribution in [3.63, 3.8) is 0 Å². The second-order valence-corrected chi connectivity index (χ2v) is 5.94. The van der Waals surface area contributed by atoms with Gasteiger partial charge >= 0.3 is 0 Å². The highest BCUT2D eigenvalue weighted by atomic mass is 15.3. The average Bonchev–Trinajstić information content (AvgIpc) is 2.66. The largest absolute Gasteiger partial charge is 0.330 e. The summed E-state index contributed by atoms with van der Waals surface area (Å²) >= 11 is 0. The van der Waals surface area contributed by atoms with E-state index in [2.05, 4.69) is 30.9 Å². The molecule has 19 heavy (non-hydrogen) atoms. The molecule has 110 valence electrons. The van der Waals surface area contributed by atoms with E-state index in [4.69, 9.17) is 5.73 Å². The zero-order valence-corrected chi connectivity index (χ0v) is 13.0. The molecule has 4 heteroatoms. The van der Waals surface area contributed by atoms with E-state index in [9.17, 15) is 0 Å². The Morgan fingerprint density at radius 3 is 2.53 bits per heavy atom. The van der Waals surface area contributed by atoms with E-state index in [0.29, 0.717) is 5.92 Å². The second-order valence-electron chi connectivity index (χ2n) is 5.94. The Morgan fingerprint density at radius 1 is 1.21 bits per heavy atom. The number of nitrogens with two attached hydrogens (primary N) is 1. The van der Waals surface area contributed by atoms with Gasteiger partial charge in [-0.15, -0.1) is 0 Å². The van der Waals surface area contributed by atoms with Gasteiger partial charge in [0.25, 0.3) is 0 Å². The van der Waals surface area contributed by atoms with Crippen LogP contribution in [0.2, 0.25) is 0 Å². The standard InChI is InChI=1S/C15H30N4/c1-5-6-13(9-10-16)7-8-15-17-14(11-12(2)3)18-19(15)4/h12-13H,5-11,16H2,1-4H3. The Balaban J connectivity index is 2.53. The summed E-state index contributed by atoms with van der Waals surface area (Å²) in [6.07, 6.45) is 6.81. The van der Waals surface area contributed by atoms with Crippen molar-refractivity contribution in [2.24, 2.45) is 24.6 Å². The molecule has 0 saturated heterocycles. The molecule has 0 aliphatic heterocycles. The topological polar surface area (TPSA) is 56.7 Å². The van der Waals surface area contributed by atoms with Gasteiger partial charge in [-0.2, -0.15) is 5.10 Å². The maximum Gasteiger partial charge on any atom is 0.151 e. The first-order valence-electron chi connectivity index (χ1n) is 7.65. The van der Waals surface area contributed by atoms with E-state index in [1.807, 2.05) is 11.7 Å². The molecule has 0 bridgehead atoms. The molecule has 0 aliphatic carbocycles. The monoisotopic (exact) mass is 266 g/mol. The van der Waals surface area contributed by atoms with E-state index in [1.54, 1.807) is 0 Å². The van der Waals surface area contributed by atoms with Crippen molar-refractivity contribution in [1.82, 2.24) is 14.8 Å². The number of hydrogen-bond donors (Lipinski definition) is 1. The van der Waals surface area contributed by atoms with Crippen molar-refractivity contribution in [3.8, 4) is 0 Å². The van der Waals surface area contributed by atoms with Crippen LogP contribution in [-0.2, 0) is 19.9 Å². The van der Waals surface area contributed by atoms with Gasteiger partial charge in [0, 0.05) is 19.9 Å². The van der Waals surface area contributed by atoms with Crippen LogP contribution in [0.15, 0.2) is 0 Å². The minimum Gasteiger partial charge on any atom is -0.330 e. The van der Waals surface area contributed by atoms with E-state index >= 15 is 0 Å². The van der Waals surface area contributed by atoms with Crippen LogP contribution in [0.4, 0.5) is 0 Å². The normalized spacial score (nSPS) is 13.2. The van der Waals surface area contributed by atoms with Gasteiger partial charge in [0.1, 0.15) is 5.82 Å². The van der Waals surface area contributed by atoms with Crippen molar-refractivity contribution < 1.29 is 0 Å². The Kier molecular flexibility index (Phi) is 7.06. The molecule has 2 N–H and O–H groups in total. The lowest BCUT2D eigenvalue weighted by Crippen LogP contribution is -2.11. The van der Waals surface area contributed by atoms with Crippen LogP contribution in [-0.4, -0.2) is 21.3 Å². The van der Waals surface area contributed by atoms with Gasteiger partial charge in [-0.3, -0.25) is 4.68 Å². The van der Waals surface area contributed by atoms with Gasteiger partial charge in [0.15, 0.2) is 5.82 Å². The Labute approximate surface area is 117 Å². The van der Waals surface area contributed by atoms with Gasteiger partial charge in [-0.1, -0.05) is 33.6 Å². The van der Waals surface area contributed by atoms with E-state index in [1.165, 1.54) is 19.3 Å². The molecule has 0 fully saturated rings. The summed E-state index contributed by atoms with van der Waals surface area (Å²) in [5.41, 5.74) is 5.68. The van der Waals surface area contributed by atoms with Gasteiger partial charge in [0.05, 0.1) is 0 Å². The van der Waals surface area contributed by atoms with Crippen LogP contribution in [0.1, 0.15) is 58.1 Å². The van der Waals surface area contributed by atoms with Gasteiger partial charge in [-0.05, 0) is 31.2 Å². The lowest BCUT2D eigenvalue weighted by molar-refractivity contribution is 0.414. The van der Waals surface area contributed by atoms with Crippen LogP contribution in [0.5, 0.6) is 0 Å². The van der Waals surface area contributed by atoms with Crippen LogP contribution < -0.4 is 5.73 Å².